The number of aromatic nitrogens is 1. The number of halogens is 1. The fraction of sp³-hybridized carbons (Fsp3) is 0.263. The molecule has 1 aliphatic heterocycles. The van der Waals surface area contributed by atoms with Crippen molar-refractivity contribution >= 4 is 38.3 Å². The number of anilines is 1. The molecule has 0 atom stereocenters. The Balaban J connectivity index is 1.36. The number of carbonyl (C=O) groups excluding carboxylic acids is 1. The zero-order valence-corrected chi connectivity index (χ0v) is 17.1. The summed E-state index contributed by atoms with van der Waals surface area (Å²) in [7, 11) is 2.08. The Kier molecular flexibility index (Phi) is 5.29. The van der Waals surface area contributed by atoms with Crippen molar-refractivity contribution in [3.8, 4) is 5.75 Å². The summed E-state index contributed by atoms with van der Waals surface area (Å²) >= 11 is 4.91. The number of amides is 1. The average Bonchev–Trinajstić information content (AvgIpc) is 3.27. The van der Waals surface area contributed by atoms with E-state index in [0.29, 0.717) is 10.9 Å². The van der Waals surface area contributed by atoms with E-state index >= 15 is 0 Å². The van der Waals surface area contributed by atoms with Crippen LogP contribution >= 0.6 is 27.3 Å². The molecule has 4 rings (SSSR count). The molecule has 0 bridgehead atoms. The summed E-state index contributed by atoms with van der Waals surface area (Å²) in [5.74, 6) is 1.26. The molecule has 3 aromatic rings. The Hall–Kier alpha value is -2.16. The molecule has 140 valence electrons. The molecular weight excluding hydrogens is 430 g/mol. The lowest BCUT2D eigenvalue weighted by Crippen LogP contribution is -2.25. The Bertz CT molecular complexity index is 952. The number of likely N-dealkylation sites (N-methyl/N-ethyl adjacent to an activating group) is 1. The predicted molar refractivity (Wildman–Crippen MR) is 107 cm³/mol. The molecule has 1 N–H and O–H groups in total. The van der Waals surface area contributed by atoms with E-state index in [1.807, 2.05) is 24.3 Å². The van der Waals surface area contributed by atoms with Crippen LogP contribution in [0.25, 0.3) is 0 Å². The van der Waals surface area contributed by atoms with Gasteiger partial charge in [-0.3, -0.25) is 10.1 Å². The van der Waals surface area contributed by atoms with Crippen molar-refractivity contribution in [3.05, 3.63) is 63.0 Å². The van der Waals surface area contributed by atoms with E-state index in [4.69, 9.17) is 9.15 Å². The summed E-state index contributed by atoms with van der Waals surface area (Å²) in [6.07, 6.45) is 0.913. The molecule has 1 aromatic carbocycles. The molecule has 0 radical (unpaired) electrons. The van der Waals surface area contributed by atoms with Gasteiger partial charge in [0.05, 0.1) is 5.69 Å². The Morgan fingerprint density at radius 3 is 2.96 bits per heavy atom. The summed E-state index contributed by atoms with van der Waals surface area (Å²) in [4.78, 5) is 20.4. The number of ether oxygens (including phenoxy) is 1. The van der Waals surface area contributed by atoms with Gasteiger partial charge >= 0.3 is 0 Å². The number of benzene rings is 1. The molecule has 1 aliphatic rings. The van der Waals surface area contributed by atoms with Gasteiger partial charge in [0, 0.05) is 28.9 Å². The highest BCUT2D eigenvalue weighted by atomic mass is 79.9. The van der Waals surface area contributed by atoms with Gasteiger partial charge in [-0.1, -0.05) is 15.9 Å². The molecule has 0 unspecified atom stereocenters. The van der Waals surface area contributed by atoms with Gasteiger partial charge in [-0.15, -0.1) is 11.3 Å². The molecule has 1 amide bonds. The normalized spacial score (nSPS) is 14.0. The van der Waals surface area contributed by atoms with E-state index < -0.39 is 0 Å². The number of carbonyl (C=O) groups is 1. The van der Waals surface area contributed by atoms with Gasteiger partial charge in [-0.05, 0) is 43.4 Å². The zero-order chi connectivity index (χ0) is 18.8. The smallest absolute Gasteiger partial charge is 0.293 e. The summed E-state index contributed by atoms with van der Waals surface area (Å²) < 4.78 is 12.3. The van der Waals surface area contributed by atoms with E-state index in [0.717, 1.165) is 35.4 Å². The number of nitrogens with one attached hydrogen (secondary N) is 1. The van der Waals surface area contributed by atoms with Crippen LogP contribution in [-0.2, 0) is 19.6 Å². The van der Waals surface area contributed by atoms with Crippen LogP contribution < -0.4 is 10.1 Å². The molecule has 0 saturated heterocycles. The third-order valence-corrected chi connectivity index (χ3v) is 5.75. The van der Waals surface area contributed by atoms with Gasteiger partial charge in [0.2, 0.25) is 0 Å². The van der Waals surface area contributed by atoms with Crippen molar-refractivity contribution < 1.29 is 13.9 Å². The molecule has 0 spiro atoms. The largest absolute Gasteiger partial charge is 0.486 e. The Morgan fingerprint density at radius 2 is 2.15 bits per heavy atom. The van der Waals surface area contributed by atoms with Crippen molar-refractivity contribution in [1.29, 1.82) is 0 Å². The first kappa shape index (κ1) is 18.2. The number of thiazole rings is 1. The number of hydrogen-bond donors (Lipinski definition) is 1. The molecule has 3 heterocycles. The first-order valence-corrected chi connectivity index (χ1v) is 10.1. The van der Waals surface area contributed by atoms with Crippen LogP contribution in [0.2, 0.25) is 0 Å². The van der Waals surface area contributed by atoms with Crippen molar-refractivity contribution in [1.82, 2.24) is 9.88 Å². The summed E-state index contributed by atoms with van der Waals surface area (Å²) in [5.41, 5.74) is 1.08. The minimum absolute atomic E-state index is 0.245. The second-order valence-electron chi connectivity index (χ2n) is 6.34. The first-order chi connectivity index (χ1) is 13.1. The molecule has 2 aromatic heterocycles. The fourth-order valence-corrected chi connectivity index (χ4v) is 4.15. The van der Waals surface area contributed by atoms with Crippen LogP contribution in [0.5, 0.6) is 5.75 Å². The number of fused-ring (bicyclic) bond motifs is 1. The van der Waals surface area contributed by atoms with Gasteiger partial charge in [-0.25, -0.2) is 4.98 Å². The molecule has 27 heavy (non-hydrogen) atoms. The maximum absolute atomic E-state index is 12.4. The second kappa shape index (κ2) is 7.84. The summed E-state index contributed by atoms with van der Waals surface area (Å²) in [6, 6.07) is 10.9. The van der Waals surface area contributed by atoms with Crippen molar-refractivity contribution in [3.63, 3.8) is 0 Å². The average molecular weight is 448 g/mol. The topological polar surface area (TPSA) is 67.6 Å². The highest BCUT2D eigenvalue weighted by Gasteiger charge is 2.20. The lowest BCUT2D eigenvalue weighted by atomic mass is 10.2. The van der Waals surface area contributed by atoms with Crippen LogP contribution in [0.4, 0.5) is 5.13 Å². The highest BCUT2D eigenvalue weighted by molar-refractivity contribution is 9.10. The van der Waals surface area contributed by atoms with E-state index in [-0.39, 0.29) is 18.3 Å². The van der Waals surface area contributed by atoms with Crippen LogP contribution in [0, 0.1) is 0 Å². The van der Waals surface area contributed by atoms with Crippen molar-refractivity contribution in [2.24, 2.45) is 0 Å². The minimum atomic E-state index is -0.302. The molecule has 0 fully saturated rings. The molecule has 0 saturated carbocycles. The molecule has 8 heteroatoms. The van der Waals surface area contributed by atoms with E-state index in [1.165, 1.54) is 16.2 Å². The van der Waals surface area contributed by atoms with Gasteiger partial charge in [0.1, 0.15) is 18.1 Å². The molecule has 6 nitrogen and oxygen atoms in total. The van der Waals surface area contributed by atoms with E-state index in [1.54, 1.807) is 12.1 Å². The first-order valence-electron chi connectivity index (χ1n) is 8.52. The predicted octanol–water partition coefficient (Wildman–Crippen LogP) is 4.32. The van der Waals surface area contributed by atoms with Gasteiger partial charge in [-0.2, -0.15) is 0 Å². The monoisotopic (exact) mass is 447 g/mol. The number of furan rings is 1. The number of rotatable bonds is 5. The standard InChI is InChI=1S/C19H18BrN3O3S/c1-23-9-8-15-17(10-23)27-19(21-15)22-18(24)16-7-6-14(26-16)11-25-13-4-2-12(20)3-5-13/h2-7H,8-11H2,1H3,(H,21,22,24). The summed E-state index contributed by atoms with van der Waals surface area (Å²) in [5, 5.41) is 3.45. The maximum atomic E-state index is 12.4. The molecular formula is C19H18BrN3O3S. The van der Waals surface area contributed by atoms with Gasteiger partial charge in [0.15, 0.2) is 10.9 Å². The van der Waals surface area contributed by atoms with Gasteiger partial charge in [0.25, 0.3) is 5.91 Å². The zero-order valence-electron chi connectivity index (χ0n) is 14.7. The molecule has 0 aliphatic carbocycles. The van der Waals surface area contributed by atoms with Crippen LogP contribution in [0.1, 0.15) is 26.9 Å². The quantitative estimate of drug-likeness (QED) is 0.630. The Morgan fingerprint density at radius 1 is 1.33 bits per heavy atom. The van der Waals surface area contributed by atoms with E-state index in [9.17, 15) is 4.79 Å². The Labute approximate surface area is 169 Å². The second-order valence-corrected chi connectivity index (χ2v) is 8.34. The van der Waals surface area contributed by atoms with Crippen molar-refractivity contribution in [2.45, 2.75) is 19.6 Å². The lowest BCUT2D eigenvalue weighted by Gasteiger charge is -2.20. The van der Waals surface area contributed by atoms with Gasteiger partial charge < -0.3 is 14.1 Å². The van der Waals surface area contributed by atoms with Crippen LogP contribution in [0.3, 0.4) is 0 Å². The van der Waals surface area contributed by atoms with Crippen LogP contribution in [-0.4, -0.2) is 29.4 Å². The minimum Gasteiger partial charge on any atom is -0.486 e. The SMILES string of the molecule is CN1CCc2nc(NC(=O)c3ccc(COc4ccc(Br)cc4)o3)sc2C1. The number of hydrogen-bond acceptors (Lipinski definition) is 6. The number of nitrogens with zero attached hydrogens (tertiary/aromatic N) is 2. The maximum Gasteiger partial charge on any atom is 0.293 e. The summed E-state index contributed by atoms with van der Waals surface area (Å²) in [6.45, 7) is 2.12. The van der Waals surface area contributed by atoms with E-state index in [2.05, 4.69) is 38.2 Å². The third-order valence-electron chi connectivity index (χ3n) is 4.22. The highest BCUT2D eigenvalue weighted by Crippen LogP contribution is 2.28. The van der Waals surface area contributed by atoms with Crippen LogP contribution in [0.15, 0.2) is 45.3 Å². The lowest BCUT2D eigenvalue weighted by molar-refractivity contribution is 0.0992. The fourth-order valence-electron chi connectivity index (χ4n) is 2.80. The third kappa shape index (κ3) is 4.40. The van der Waals surface area contributed by atoms with Crippen molar-refractivity contribution in [2.75, 3.05) is 18.9 Å².